The molecule has 0 aliphatic carbocycles. The first-order chi connectivity index (χ1) is 17.9. The summed E-state index contributed by atoms with van der Waals surface area (Å²) < 4.78 is 18.6. The fourth-order valence-electron chi connectivity index (χ4n) is 3.98. The minimum absolute atomic E-state index is 0.129. The van der Waals surface area contributed by atoms with Crippen LogP contribution in [0.1, 0.15) is 32.6 Å². The van der Waals surface area contributed by atoms with Crippen molar-refractivity contribution in [3.63, 3.8) is 0 Å². The van der Waals surface area contributed by atoms with Gasteiger partial charge in [0.05, 0.1) is 20.1 Å². The molecule has 0 unspecified atom stereocenters. The summed E-state index contributed by atoms with van der Waals surface area (Å²) in [5.74, 6) is 0.129. The van der Waals surface area contributed by atoms with Gasteiger partial charge in [-0.05, 0) is 60.5 Å². The standard InChI is InChI=1S/C31H29FN2O3/c1-22-7-13-25(14-8-22)31(36)34(21-26-5-3-4-6-29(26)37-2)28-17-11-23(12-18-28)19-30(35)33-20-24-9-15-27(32)16-10-24/h3-18H,19-21H2,1-2H3,(H,33,35). The fraction of sp³-hybridized carbons (Fsp3) is 0.161. The molecular formula is C31H29FN2O3. The zero-order valence-corrected chi connectivity index (χ0v) is 20.9. The van der Waals surface area contributed by atoms with Crippen molar-refractivity contribution in [2.75, 3.05) is 12.0 Å². The van der Waals surface area contributed by atoms with E-state index in [1.54, 1.807) is 24.1 Å². The number of aryl methyl sites for hydroxylation is 1. The summed E-state index contributed by atoms with van der Waals surface area (Å²) in [7, 11) is 1.61. The van der Waals surface area contributed by atoms with Crippen LogP contribution in [0.3, 0.4) is 0 Å². The second-order valence-corrected chi connectivity index (χ2v) is 8.82. The van der Waals surface area contributed by atoms with Gasteiger partial charge in [-0.25, -0.2) is 4.39 Å². The largest absolute Gasteiger partial charge is 0.496 e. The number of para-hydroxylation sites is 1. The van der Waals surface area contributed by atoms with Crippen molar-refractivity contribution in [2.45, 2.75) is 26.4 Å². The third kappa shape index (κ3) is 6.82. The third-order valence-electron chi connectivity index (χ3n) is 6.08. The average molecular weight is 497 g/mol. The molecule has 0 saturated heterocycles. The number of nitrogens with zero attached hydrogens (tertiary/aromatic N) is 1. The van der Waals surface area contributed by atoms with Crippen LogP contribution in [-0.2, 0) is 24.3 Å². The first-order valence-electron chi connectivity index (χ1n) is 12.0. The predicted octanol–water partition coefficient (Wildman–Crippen LogP) is 5.85. The number of anilines is 1. The summed E-state index contributed by atoms with van der Waals surface area (Å²) in [4.78, 5) is 27.7. The summed E-state index contributed by atoms with van der Waals surface area (Å²) in [6.07, 6.45) is 0.194. The van der Waals surface area contributed by atoms with Crippen LogP contribution in [0.2, 0.25) is 0 Å². The average Bonchev–Trinajstić information content (AvgIpc) is 2.92. The van der Waals surface area contributed by atoms with Gasteiger partial charge >= 0.3 is 0 Å². The number of rotatable bonds is 9. The molecule has 4 aromatic carbocycles. The number of hydrogen-bond acceptors (Lipinski definition) is 3. The van der Waals surface area contributed by atoms with Gasteiger partial charge in [-0.3, -0.25) is 9.59 Å². The van der Waals surface area contributed by atoms with E-state index < -0.39 is 0 Å². The molecule has 0 heterocycles. The normalized spacial score (nSPS) is 10.6. The number of carbonyl (C=O) groups is 2. The van der Waals surface area contributed by atoms with Gasteiger partial charge in [0.1, 0.15) is 11.6 Å². The van der Waals surface area contributed by atoms with Gasteiger partial charge in [0.15, 0.2) is 0 Å². The second kappa shape index (κ2) is 12.0. The van der Waals surface area contributed by atoms with E-state index in [1.165, 1.54) is 12.1 Å². The van der Waals surface area contributed by atoms with E-state index in [4.69, 9.17) is 4.74 Å². The molecule has 4 aromatic rings. The molecule has 0 radical (unpaired) electrons. The summed E-state index contributed by atoms with van der Waals surface area (Å²) in [5.41, 5.74) is 4.91. The number of amides is 2. The van der Waals surface area contributed by atoms with Crippen molar-refractivity contribution in [3.05, 3.63) is 131 Å². The van der Waals surface area contributed by atoms with Gasteiger partial charge in [-0.2, -0.15) is 0 Å². The van der Waals surface area contributed by atoms with E-state index in [1.807, 2.05) is 79.7 Å². The monoisotopic (exact) mass is 496 g/mol. The smallest absolute Gasteiger partial charge is 0.258 e. The number of nitrogens with one attached hydrogen (secondary N) is 1. The number of carbonyl (C=O) groups excluding carboxylic acids is 2. The zero-order chi connectivity index (χ0) is 26.2. The van der Waals surface area contributed by atoms with Crippen LogP contribution in [0.15, 0.2) is 97.1 Å². The van der Waals surface area contributed by atoms with Gasteiger partial charge in [0.2, 0.25) is 5.91 Å². The summed E-state index contributed by atoms with van der Waals surface area (Å²) >= 11 is 0. The Morgan fingerprint density at radius 1 is 0.838 bits per heavy atom. The number of ether oxygens (including phenoxy) is 1. The molecular weight excluding hydrogens is 467 g/mol. The molecule has 2 amide bonds. The Kier molecular flexibility index (Phi) is 8.31. The SMILES string of the molecule is COc1ccccc1CN(C(=O)c1ccc(C)cc1)c1ccc(CC(=O)NCc2ccc(F)cc2)cc1. The Hall–Kier alpha value is -4.45. The number of benzene rings is 4. The molecule has 0 spiro atoms. The molecule has 0 bridgehead atoms. The highest BCUT2D eigenvalue weighted by atomic mass is 19.1. The molecule has 5 nitrogen and oxygen atoms in total. The highest BCUT2D eigenvalue weighted by Gasteiger charge is 2.20. The molecule has 0 aliphatic heterocycles. The lowest BCUT2D eigenvalue weighted by atomic mass is 10.1. The van der Waals surface area contributed by atoms with E-state index >= 15 is 0 Å². The first kappa shape index (κ1) is 25.6. The summed E-state index contributed by atoms with van der Waals surface area (Å²) in [6.45, 7) is 2.64. The Morgan fingerprint density at radius 2 is 1.49 bits per heavy atom. The van der Waals surface area contributed by atoms with Crippen LogP contribution in [0.25, 0.3) is 0 Å². The maximum absolute atomic E-state index is 13.6. The molecule has 37 heavy (non-hydrogen) atoms. The third-order valence-corrected chi connectivity index (χ3v) is 6.08. The Labute approximate surface area is 216 Å². The van der Waals surface area contributed by atoms with Crippen LogP contribution in [0.4, 0.5) is 10.1 Å². The van der Waals surface area contributed by atoms with Crippen LogP contribution in [0, 0.1) is 12.7 Å². The minimum atomic E-state index is -0.309. The van der Waals surface area contributed by atoms with Crippen molar-refractivity contribution < 1.29 is 18.7 Å². The Balaban J connectivity index is 1.50. The minimum Gasteiger partial charge on any atom is -0.496 e. The predicted molar refractivity (Wildman–Crippen MR) is 143 cm³/mol. The van der Waals surface area contributed by atoms with Crippen LogP contribution in [-0.4, -0.2) is 18.9 Å². The van der Waals surface area contributed by atoms with Crippen LogP contribution in [0.5, 0.6) is 5.75 Å². The maximum atomic E-state index is 13.6. The van der Waals surface area contributed by atoms with Crippen molar-refractivity contribution >= 4 is 17.5 Å². The summed E-state index contributed by atoms with van der Waals surface area (Å²) in [5, 5.41) is 2.85. The Bertz CT molecular complexity index is 1350. The Morgan fingerprint density at radius 3 is 2.16 bits per heavy atom. The van der Waals surface area contributed by atoms with Crippen molar-refractivity contribution in [1.29, 1.82) is 0 Å². The molecule has 6 heteroatoms. The molecule has 0 aromatic heterocycles. The van der Waals surface area contributed by atoms with Gasteiger partial charge < -0.3 is 15.0 Å². The molecule has 0 aliphatic rings. The van der Waals surface area contributed by atoms with Crippen LogP contribution < -0.4 is 15.0 Å². The van der Waals surface area contributed by atoms with E-state index in [-0.39, 0.29) is 24.1 Å². The quantitative estimate of drug-likeness (QED) is 0.316. The molecule has 0 saturated carbocycles. The van der Waals surface area contributed by atoms with E-state index in [0.717, 1.165) is 22.3 Å². The fourth-order valence-corrected chi connectivity index (χ4v) is 3.98. The highest BCUT2D eigenvalue weighted by molar-refractivity contribution is 6.06. The van der Waals surface area contributed by atoms with Crippen molar-refractivity contribution in [2.24, 2.45) is 0 Å². The molecule has 188 valence electrons. The van der Waals surface area contributed by atoms with Crippen molar-refractivity contribution in [3.8, 4) is 5.75 Å². The van der Waals surface area contributed by atoms with Gasteiger partial charge in [-0.15, -0.1) is 0 Å². The van der Waals surface area contributed by atoms with E-state index in [9.17, 15) is 14.0 Å². The lowest BCUT2D eigenvalue weighted by Crippen LogP contribution is -2.30. The summed E-state index contributed by atoms with van der Waals surface area (Å²) in [6, 6.07) is 28.5. The number of halogens is 1. The van der Waals surface area contributed by atoms with E-state index in [0.29, 0.717) is 30.1 Å². The van der Waals surface area contributed by atoms with Gasteiger partial charge in [0, 0.05) is 23.4 Å². The zero-order valence-electron chi connectivity index (χ0n) is 20.9. The lowest BCUT2D eigenvalue weighted by Gasteiger charge is -2.24. The van der Waals surface area contributed by atoms with Gasteiger partial charge in [0.25, 0.3) is 5.91 Å². The lowest BCUT2D eigenvalue weighted by molar-refractivity contribution is -0.120. The molecule has 4 rings (SSSR count). The molecule has 0 fully saturated rings. The first-order valence-corrected chi connectivity index (χ1v) is 12.0. The number of methoxy groups -OCH3 is 1. The topological polar surface area (TPSA) is 58.6 Å². The van der Waals surface area contributed by atoms with Crippen molar-refractivity contribution in [1.82, 2.24) is 5.32 Å². The molecule has 1 N–H and O–H groups in total. The van der Waals surface area contributed by atoms with Crippen LogP contribution >= 0.6 is 0 Å². The number of hydrogen-bond donors (Lipinski definition) is 1. The second-order valence-electron chi connectivity index (χ2n) is 8.82. The highest BCUT2D eigenvalue weighted by Crippen LogP contribution is 2.25. The van der Waals surface area contributed by atoms with E-state index in [2.05, 4.69) is 5.32 Å². The maximum Gasteiger partial charge on any atom is 0.258 e. The molecule has 0 atom stereocenters. The van der Waals surface area contributed by atoms with Gasteiger partial charge in [-0.1, -0.05) is 60.2 Å².